The Morgan fingerprint density at radius 2 is 1.89 bits per heavy atom. The molecule has 1 spiro atoms. The number of anilines is 1. The quantitative estimate of drug-likeness (QED) is 0.264. The van der Waals surface area contributed by atoms with Crippen molar-refractivity contribution in [3.8, 4) is 17.2 Å². The number of carbonyl (C=O) groups is 2. The van der Waals surface area contributed by atoms with Crippen LogP contribution >= 0.6 is 0 Å². The summed E-state index contributed by atoms with van der Waals surface area (Å²) in [6, 6.07) is 15.8. The van der Waals surface area contributed by atoms with E-state index < -0.39 is 31.6 Å². The lowest BCUT2D eigenvalue weighted by atomic mass is 9.82. The van der Waals surface area contributed by atoms with Crippen LogP contribution in [0.25, 0.3) is 5.69 Å². The maximum absolute atomic E-state index is 16.3. The van der Waals surface area contributed by atoms with Crippen LogP contribution in [0.4, 0.5) is 9.80 Å². The van der Waals surface area contributed by atoms with E-state index in [9.17, 15) is 19.5 Å². The molecule has 10 nitrogen and oxygen atoms in total. The molecule has 4 heterocycles. The number of ether oxygens (including phenoxy) is 3. The van der Waals surface area contributed by atoms with E-state index in [0.717, 1.165) is 18.4 Å². The third-order valence-corrected chi connectivity index (χ3v) is 12.6. The van der Waals surface area contributed by atoms with E-state index in [-0.39, 0.29) is 48.7 Å². The summed E-state index contributed by atoms with van der Waals surface area (Å²) in [5.74, 6) is -0.363. The van der Waals surface area contributed by atoms with Gasteiger partial charge in [0.25, 0.3) is 11.5 Å². The van der Waals surface area contributed by atoms with Crippen LogP contribution in [0.2, 0.25) is 18.6 Å². The summed E-state index contributed by atoms with van der Waals surface area (Å²) < 4.78 is 35.3. The molecular formula is C35H42FN3O7Si. The minimum Gasteiger partial charge on any atom is -0.497 e. The molecule has 0 saturated carbocycles. The van der Waals surface area contributed by atoms with Crippen LogP contribution in [0.3, 0.4) is 0 Å². The maximum atomic E-state index is 16.3. The molecule has 0 bridgehead atoms. The predicted molar refractivity (Wildman–Crippen MR) is 177 cm³/mol. The topological polar surface area (TPSA) is 111 Å². The molecule has 47 heavy (non-hydrogen) atoms. The standard InChI is InChI=1S/C35H42FN3O7Si/c1-22-32(47(4,5)36)30(19-31(41)37-15-7-11-25(37)21-40)46-35(22)27-18-26(44-2)13-14-28(27)39(34(35)43)20-23-9-6-10-24(17-23)38-16-8-12-29(45-3)33(38)42/h6,8-10,12-14,16-18,22,25,30,32,40H,7,11,15,19-21H2,1-5H3/t22-,25-,30+,32-,35+/m0/s1. The molecular weight excluding hydrogens is 621 g/mol. The Morgan fingerprint density at radius 1 is 1.11 bits per heavy atom. The number of halogens is 1. The average molecular weight is 664 g/mol. The number of methoxy groups -OCH3 is 2. The molecule has 2 aromatic carbocycles. The first-order valence-corrected chi connectivity index (χ1v) is 19.0. The number of aliphatic hydroxyl groups excluding tert-OH is 1. The summed E-state index contributed by atoms with van der Waals surface area (Å²) in [5.41, 5.74) is 0.101. The van der Waals surface area contributed by atoms with Crippen LogP contribution in [0.5, 0.6) is 11.5 Å². The molecule has 12 heteroatoms. The second-order valence-corrected chi connectivity index (χ2v) is 17.0. The van der Waals surface area contributed by atoms with Crippen molar-refractivity contribution in [2.24, 2.45) is 5.92 Å². The number of amides is 2. The van der Waals surface area contributed by atoms with Gasteiger partial charge >= 0.3 is 0 Å². The Kier molecular flexibility index (Phi) is 8.79. The van der Waals surface area contributed by atoms with Crippen LogP contribution in [-0.2, 0) is 26.5 Å². The maximum Gasteiger partial charge on any atom is 0.297 e. The molecule has 2 saturated heterocycles. The van der Waals surface area contributed by atoms with Gasteiger partial charge in [0.1, 0.15) is 5.75 Å². The van der Waals surface area contributed by atoms with Gasteiger partial charge in [-0.15, -0.1) is 0 Å². The van der Waals surface area contributed by atoms with Gasteiger partial charge in [0.15, 0.2) is 11.4 Å². The van der Waals surface area contributed by atoms with Gasteiger partial charge in [-0.25, -0.2) is 0 Å². The molecule has 0 unspecified atom stereocenters. The van der Waals surface area contributed by atoms with Gasteiger partial charge in [-0.3, -0.25) is 19.0 Å². The zero-order valence-electron chi connectivity index (χ0n) is 27.4. The van der Waals surface area contributed by atoms with Crippen molar-refractivity contribution >= 4 is 25.9 Å². The summed E-state index contributed by atoms with van der Waals surface area (Å²) in [7, 11) is -0.502. The smallest absolute Gasteiger partial charge is 0.297 e. The van der Waals surface area contributed by atoms with Crippen molar-refractivity contribution < 1.29 is 33.0 Å². The molecule has 2 amide bonds. The van der Waals surface area contributed by atoms with E-state index >= 15 is 4.11 Å². The number of benzene rings is 2. The van der Waals surface area contributed by atoms with Crippen LogP contribution in [0.15, 0.2) is 65.6 Å². The Hall–Kier alpha value is -4.00. The highest BCUT2D eigenvalue weighted by atomic mass is 28.4. The minimum absolute atomic E-state index is 0.0719. The summed E-state index contributed by atoms with van der Waals surface area (Å²) in [6.45, 7) is 5.65. The number of hydrogen-bond acceptors (Lipinski definition) is 7. The molecule has 0 aliphatic carbocycles. The summed E-state index contributed by atoms with van der Waals surface area (Å²) in [6.07, 6.45) is 2.27. The van der Waals surface area contributed by atoms with Crippen LogP contribution in [0.1, 0.15) is 37.3 Å². The van der Waals surface area contributed by atoms with Gasteiger partial charge in [0.2, 0.25) is 14.3 Å². The fourth-order valence-electron chi connectivity index (χ4n) is 7.97. The molecule has 0 radical (unpaired) electrons. The van der Waals surface area contributed by atoms with E-state index in [1.165, 1.54) is 11.7 Å². The van der Waals surface area contributed by atoms with Gasteiger partial charge in [0.05, 0.1) is 51.6 Å². The first kappa shape index (κ1) is 32.9. The number of nitrogens with zero attached hydrogens (tertiary/aromatic N) is 3. The molecule has 3 aromatic rings. The molecule has 1 N–H and O–H groups in total. The molecule has 3 aliphatic rings. The fraction of sp³-hybridized carbons (Fsp3) is 0.457. The van der Waals surface area contributed by atoms with Crippen LogP contribution in [-0.4, -0.2) is 74.3 Å². The summed E-state index contributed by atoms with van der Waals surface area (Å²) >= 11 is 0. The van der Waals surface area contributed by atoms with Crippen molar-refractivity contribution in [3.05, 3.63) is 82.3 Å². The number of likely N-dealkylation sites (tertiary alicyclic amines) is 1. The fourth-order valence-corrected chi connectivity index (χ4v) is 10.5. The van der Waals surface area contributed by atoms with E-state index in [1.54, 1.807) is 66.5 Å². The molecule has 2 fully saturated rings. The van der Waals surface area contributed by atoms with Gasteiger partial charge in [-0.1, -0.05) is 19.1 Å². The van der Waals surface area contributed by atoms with Crippen molar-refractivity contribution in [3.63, 3.8) is 0 Å². The number of rotatable bonds is 9. The Morgan fingerprint density at radius 3 is 2.60 bits per heavy atom. The van der Waals surface area contributed by atoms with Crippen LogP contribution in [0, 0.1) is 5.92 Å². The van der Waals surface area contributed by atoms with Gasteiger partial charge in [-0.2, -0.15) is 0 Å². The van der Waals surface area contributed by atoms with Gasteiger partial charge in [-0.05, 0) is 74.0 Å². The number of carbonyl (C=O) groups excluding carboxylic acids is 2. The predicted octanol–water partition coefficient (Wildman–Crippen LogP) is 4.55. The Bertz CT molecular complexity index is 1740. The van der Waals surface area contributed by atoms with E-state index in [1.807, 2.05) is 31.2 Å². The van der Waals surface area contributed by atoms with Crippen molar-refractivity contribution in [2.45, 2.75) is 69.1 Å². The molecule has 250 valence electrons. The lowest BCUT2D eigenvalue weighted by Gasteiger charge is -2.31. The zero-order chi connectivity index (χ0) is 33.7. The lowest BCUT2D eigenvalue weighted by molar-refractivity contribution is -0.150. The van der Waals surface area contributed by atoms with Gasteiger partial charge < -0.3 is 33.2 Å². The number of aliphatic hydroxyl groups is 1. The van der Waals surface area contributed by atoms with Crippen molar-refractivity contribution in [1.29, 1.82) is 0 Å². The van der Waals surface area contributed by atoms with E-state index in [4.69, 9.17) is 14.2 Å². The molecule has 6 rings (SSSR count). The first-order valence-electron chi connectivity index (χ1n) is 16.1. The highest BCUT2D eigenvalue weighted by Gasteiger charge is 2.67. The van der Waals surface area contributed by atoms with Crippen molar-refractivity contribution in [2.75, 3.05) is 32.3 Å². The number of aromatic nitrogens is 1. The highest BCUT2D eigenvalue weighted by molar-refractivity contribution is 6.72. The number of hydrogen-bond donors (Lipinski definition) is 1. The summed E-state index contributed by atoms with van der Waals surface area (Å²) in [5, 5.41) is 9.84. The van der Waals surface area contributed by atoms with Crippen LogP contribution < -0.4 is 19.9 Å². The molecule has 5 atom stereocenters. The first-order chi connectivity index (χ1) is 22.4. The third kappa shape index (κ3) is 5.55. The summed E-state index contributed by atoms with van der Waals surface area (Å²) in [4.78, 5) is 44.7. The second kappa shape index (κ2) is 12.5. The Balaban J connectivity index is 1.38. The molecule has 1 aromatic heterocycles. The highest BCUT2D eigenvalue weighted by Crippen LogP contribution is 2.60. The Labute approximate surface area is 274 Å². The van der Waals surface area contributed by atoms with Gasteiger partial charge in [0, 0.05) is 35.5 Å². The number of fused-ring (bicyclic) bond motifs is 2. The zero-order valence-corrected chi connectivity index (χ0v) is 28.4. The normalized spacial score (nSPS) is 25.5. The van der Waals surface area contributed by atoms with E-state index in [0.29, 0.717) is 29.2 Å². The lowest BCUT2D eigenvalue weighted by Crippen LogP contribution is -2.45. The SMILES string of the molecule is COc1ccc2c(c1)[C@@]1(O[C@H](CC(=O)N3CCC[C@H]3CO)[C@@H]([Si](C)(C)F)[C@@H]1C)C(=O)N2Cc1cccc(-n2cccc(OC)c2=O)c1. The average Bonchev–Trinajstić information content (AvgIpc) is 3.71. The second-order valence-electron chi connectivity index (χ2n) is 13.2. The number of pyridine rings is 1. The minimum atomic E-state index is -3.49. The monoisotopic (exact) mass is 663 g/mol. The van der Waals surface area contributed by atoms with Crippen molar-refractivity contribution in [1.82, 2.24) is 9.47 Å². The third-order valence-electron chi connectivity index (χ3n) is 10.1. The van der Waals surface area contributed by atoms with E-state index in [2.05, 4.69) is 0 Å². The largest absolute Gasteiger partial charge is 0.497 e. The molecule has 3 aliphatic heterocycles.